The number of aromatic nitrogens is 1. The summed E-state index contributed by atoms with van der Waals surface area (Å²) in [4.78, 5) is 6.67. The van der Waals surface area contributed by atoms with Crippen LogP contribution >= 0.6 is 0 Å². The van der Waals surface area contributed by atoms with Gasteiger partial charge in [-0.15, -0.1) is 0 Å². The Morgan fingerprint density at radius 2 is 1.94 bits per heavy atom. The zero-order valence-electron chi connectivity index (χ0n) is 10.8. The summed E-state index contributed by atoms with van der Waals surface area (Å²) in [6.07, 6.45) is 4.87. The van der Waals surface area contributed by atoms with Crippen LogP contribution in [0.15, 0.2) is 24.5 Å². The summed E-state index contributed by atoms with van der Waals surface area (Å²) in [5, 5.41) is 3.41. The van der Waals surface area contributed by atoms with Crippen LogP contribution in [-0.2, 0) is 6.42 Å². The molecule has 1 aliphatic rings. The molecule has 1 aliphatic heterocycles. The normalized spacial score (nSPS) is 19.5. The fourth-order valence-corrected chi connectivity index (χ4v) is 2.43. The molecule has 1 aromatic rings. The van der Waals surface area contributed by atoms with Crippen LogP contribution in [-0.4, -0.2) is 42.1 Å². The Hall–Kier alpha value is -0.930. The smallest absolute Gasteiger partial charge is 0.0270 e. The first-order chi connectivity index (χ1) is 8.27. The predicted octanol–water partition coefficient (Wildman–Crippen LogP) is 1.51. The van der Waals surface area contributed by atoms with E-state index in [-0.39, 0.29) is 0 Å². The minimum atomic E-state index is 0.569. The van der Waals surface area contributed by atoms with Crippen molar-refractivity contribution in [2.24, 2.45) is 0 Å². The van der Waals surface area contributed by atoms with Gasteiger partial charge in [0.15, 0.2) is 0 Å². The highest BCUT2D eigenvalue weighted by Crippen LogP contribution is 2.18. The number of hydrogen-bond acceptors (Lipinski definition) is 3. The second-order valence-electron chi connectivity index (χ2n) is 4.94. The molecule has 2 rings (SSSR count). The number of rotatable bonds is 4. The highest BCUT2D eigenvalue weighted by Gasteiger charge is 2.23. The van der Waals surface area contributed by atoms with Crippen LogP contribution in [0.3, 0.4) is 0 Å². The molecule has 17 heavy (non-hydrogen) atoms. The van der Waals surface area contributed by atoms with Crippen LogP contribution < -0.4 is 5.32 Å². The highest BCUT2D eigenvalue weighted by molar-refractivity contribution is 5.14. The van der Waals surface area contributed by atoms with Crippen molar-refractivity contribution in [1.82, 2.24) is 15.2 Å². The van der Waals surface area contributed by atoms with Crippen molar-refractivity contribution < 1.29 is 0 Å². The molecule has 1 N–H and O–H groups in total. The van der Waals surface area contributed by atoms with E-state index in [0.717, 1.165) is 32.6 Å². The number of hydrogen-bond donors (Lipinski definition) is 1. The lowest BCUT2D eigenvalue weighted by atomic mass is 9.95. The Morgan fingerprint density at radius 1 is 1.29 bits per heavy atom. The Morgan fingerprint density at radius 3 is 2.53 bits per heavy atom. The van der Waals surface area contributed by atoms with Gasteiger partial charge in [0.25, 0.3) is 0 Å². The Kier molecular flexibility index (Phi) is 4.51. The average molecular weight is 232 g/mol. The van der Waals surface area contributed by atoms with Crippen molar-refractivity contribution in [3.63, 3.8) is 0 Å². The van der Waals surface area contributed by atoms with Crippen molar-refractivity contribution in [2.45, 2.75) is 26.3 Å². The SMILES string of the molecule is C[C](C)C(Cc1ccncc1)N1CCNCC1. The van der Waals surface area contributed by atoms with Crippen LogP contribution in [0.4, 0.5) is 0 Å². The Balaban J connectivity index is 2.01. The van der Waals surface area contributed by atoms with Gasteiger partial charge in [0.1, 0.15) is 0 Å². The van der Waals surface area contributed by atoms with Crippen LogP contribution in [0.5, 0.6) is 0 Å². The lowest BCUT2D eigenvalue weighted by Crippen LogP contribution is -2.50. The maximum Gasteiger partial charge on any atom is 0.0270 e. The van der Waals surface area contributed by atoms with E-state index < -0.39 is 0 Å². The molecule has 93 valence electrons. The largest absolute Gasteiger partial charge is 0.314 e. The van der Waals surface area contributed by atoms with Crippen LogP contribution in [0.2, 0.25) is 0 Å². The van der Waals surface area contributed by atoms with Gasteiger partial charge in [-0.3, -0.25) is 9.88 Å². The van der Waals surface area contributed by atoms with Crippen molar-refractivity contribution in [3.05, 3.63) is 36.0 Å². The molecule has 1 unspecified atom stereocenters. The summed E-state index contributed by atoms with van der Waals surface area (Å²) in [5.41, 5.74) is 1.38. The third kappa shape index (κ3) is 3.51. The van der Waals surface area contributed by atoms with E-state index in [1.807, 2.05) is 12.4 Å². The Bertz CT molecular complexity index is 317. The maximum absolute atomic E-state index is 4.08. The number of nitrogens with zero attached hydrogens (tertiary/aromatic N) is 2. The summed E-state index contributed by atoms with van der Waals surface area (Å²) in [6, 6.07) is 4.82. The van der Waals surface area contributed by atoms with E-state index in [1.54, 1.807) is 0 Å². The molecular formula is C14H22N3. The van der Waals surface area contributed by atoms with E-state index in [4.69, 9.17) is 0 Å². The summed E-state index contributed by atoms with van der Waals surface area (Å²) < 4.78 is 0. The topological polar surface area (TPSA) is 28.2 Å². The first-order valence-electron chi connectivity index (χ1n) is 6.41. The first kappa shape index (κ1) is 12.5. The molecule has 1 radical (unpaired) electrons. The number of pyridine rings is 1. The third-order valence-electron chi connectivity index (χ3n) is 3.44. The zero-order chi connectivity index (χ0) is 12.1. The second-order valence-corrected chi connectivity index (χ2v) is 4.94. The van der Waals surface area contributed by atoms with Crippen molar-refractivity contribution in [1.29, 1.82) is 0 Å². The first-order valence-corrected chi connectivity index (χ1v) is 6.41. The molecule has 0 bridgehead atoms. The van der Waals surface area contributed by atoms with Gasteiger partial charge < -0.3 is 5.32 Å². The molecule has 0 aromatic carbocycles. The van der Waals surface area contributed by atoms with Crippen molar-refractivity contribution in [3.8, 4) is 0 Å². The second kappa shape index (κ2) is 6.12. The Labute approximate surface area is 104 Å². The molecule has 3 nitrogen and oxygen atoms in total. The van der Waals surface area contributed by atoms with E-state index in [0.29, 0.717) is 6.04 Å². The molecule has 1 fully saturated rings. The van der Waals surface area contributed by atoms with Gasteiger partial charge in [0, 0.05) is 44.6 Å². The quantitative estimate of drug-likeness (QED) is 0.853. The fraction of sp³-hybridized carbons (Fsp3) is 0.571. The van der Waals surface area contributed by atoms with E-state index in [9.17, 15) is 0 Å². The average Bonchev–Trinajstić information content (AvgIpc) is 2.38. The molecule has 0 aliphatic carbocycles. The third-order valence-corrected chi connectivity index (χ3v) is 3.44. The van der Waals surface area contributed by atoms with Gasteiger partial charge in [-0.05, 0) is 30.0 Å². The summed E-state index contributed by atoms with van der Waals surface area (Å²) >= 11 is 0. The van der Waals surface area contributed by atoms with Crippen LogP contribution in [0, 0.1) is 5.92 Å². The highest BCUT2D eigenvalue weighted by atomic mass is 15.2. The molecule has 0 spiro atoms. The lowest BCUT2D eigenvalue weighted by molar-refractivity contribution is 0.179. The molecule has 1 saturated heterocycles. The van der Waals surface area contributed by atoms with Gasteiger partial charge in [-0.1, -0.05) is 13.8 Å². The fourth-order valence-electron chi connectivity index (χ4n) is 2.43. The summed E-state index contributed by atoms with van der Waals surface area (Å²) in [6.45, 7) is 9.02. The standard InChI is InChI=1S/C14H22N3/c1-12(2)14(17-9-7-16-8-10-17)11-13-3-5-15-6-4-13/h3-6,14,16H,7-11H2,1-2H3. The predicted molar refractivity (Wildman–Crippen MR) is 70.8 cm³/mol. The van der Waals surface area contributed by atoms with Gasteiger partial charge >= 0.3 is 0 Å². The van der Waals surface area contributed by atoms with E-state index >= 15 is 0 Å². The van der Waals surface area contributed by atoms with Crippen LogP contribution in [0.25, 0.3) is 0 Å². The van der Waals surface area contributed by atoms with Gasteiger partial charge in [0.05, 0.1) is 0 Å². The number of piperazine rings is 1. The lowest BCUT2D eigenvalue weighted by Gasteiger charge is -2.37. The minimum absolute atomic E-state index is 0.569. The zero-order valence-corrected chi connectivity index (χ0v) is 10.8. The van der Waals surface area contributed by atoms with Gasteiger partial charge in [-0.2, -0.15) is 0 Å². The molecule has 2 heterocycles. The molecule has 1 aromatic heterocycles. The molecular weight excluding hydrogens is 210 g/mol. The minimum Gasteiger partial charge on any atom is -0.314 e. The molecule has 3 heteroatoms. The van der Waals surface area contributed by atoms with Crippen LogP contribution in [0.1, 0.15) is 19.4 Å². The van der Waals surface area contributed by atoms with Gasteiger partial charge in [-0.25, -0.2) is 0 Å². The van der Waals surface area contributed by atoms with Crippen molar-refractivity contribution in [2.75, 3.05) is 26.2 Å². The maximum atomic E-state index is 4.08. The van der Waals surface area contributed by atoms with Gasteiger partial charge in [0.2, 0.25) is 0 Å². The summed E-state index contributed by atoms with van der Waals surface area (Å²) in [7, 11) is 0. The molecule has 0 saturated carbocycles. The van der Waals surface area contributed by atoms with E-state index in [2.05, 4.69) is 41.2 Å². The van der Waals surface area contributed by atoms with E-state index in [1.165, 1.54) is 11.5 Å². The number of nitrogens with one attached hydrogen (secondary N) is 1. The van der Waals surface area contributed by atoms with Crippen molar-refractivity contribution >= 4 is 0 Å². The molecule has 1 atom stereocenters. The molecule has 0 amide bonds. The summed E-state index contributed by atoms with van der Waals surface area (Å²) in [5.74, 6) is 1.50. The monoisotopic (exact) mass is 232 g/mol.